The summed E-state index contributed by atoms with van der Waals surface area (Å²) in [5, 5.41) is 13.0. The lowest BCUT2D eigenvalue weighted by molar-refractivity contribution is 0.148. The van der Waals surface area contributed by atoms with Crippen LogP contribution in [0.15, 0.2) is 18.2 Å². The van der Waals surface area contributed by atoms with Gasteiger partial charge in [-0.1, -0.05) is 17.7 Å². The van der Waals surface area contributed by atoms with E-state index in [0.717, 1.165) is 24.8 Å². The van der Waals surface area contributed by atoms with Crippen LogP contribution in [-0.2, 0) is 6.54 Å². The molecular formula is C12H15ClFNO. The number of hydrogen-bond acceptors (Lipinski definition) is 2. The van der Waals surface area contributed by atoms with E-state index in [1.54, 1.807) is 12.1 Å². The summed E-state index contributed by atoms with van der Waals surface area (Å²) in [5.41, 5.74) is 0.848. The first-order valence-corrected chi connectivity index (χ1v) is 5.90. The SMILES string of the molecule is OC1CCCC1NCc1ccc(Cl)c(F)c1. The van der Waals surface area contributed by atoms with Crippen LogP contribution < -0.4 is 5.32 Å². The van der Waals surface area contributed by atoms with Crippen LogP contribution in [0.3, 0.4) is 0 Å². The van der Waals surface area contributed by atoms with Gasteiger partial charge >= 0.3 is 0 Å². The zero-order valence-corrected chi connectivity index (χ0v) is 9.67. The molecule has 0 bridgehead atoms. The van der Waals surface area contributed by atoms with E-state index in [1.807, 2.05) is 0 Å². The summed E-state index contributed by atoms with van der Waals surface area (Å²) in [6.45, 7) is 0.565. The third-order valence-electron chi connectivity index (χ3n) is 3.03. The van der Waals surface area contributed by atoms with Crippen molar-refractivity contribution in [2.75, 3.05) is 0 Å². The number of rotatable bonds is 3. The van der Waals surface area contributed by atoms with E-state index in [9.17, 15) is 9.50 Å². The molecule has 2 N–H and O–H groups in total. The number of halogens is 2. The van der Waals surface area contributed by atoms with Gasteiger partial charge in [0.05, 0.1) is 11.1 Å². The van der Waals surface area contributed by atoms with Gasteiger partial charge in [0, 0.05) is 12.6 Å². The van der Waals surface area contributed by atoms with E-state index < -0.39 is 5.82 Å². The molecule has 1 saturated carbocycles. The molecule has 1 aliphatic carbocycles. The van der Waals surface area contributed by atoms with Gasteiger partial charge in [-0.15, -0.1) is 0 Å². The second-order valence-corrected chi connectivity index (χ2v) is 4.64. The Hall–Kier alpha value is -0.640. The van der Waals surface area contributed by atoms with Gasteiger partial charge in [0.2, 0.25) is 0 Å². The summed E-state index contributed by atoms with van der Waals surface area (Å²) in [4.78, 5) is 0. The van der Waals surface area contributed by atoms with Crippen molar-refractivity contribution in [1.29, 1.82) is 0 Å². The highest BCUT2D eigenvalue weighted by atomic mass is 35.5. The van der Waals surface area contributed by atoms with Gasteiger partial charge in [0.25, 0.3) is 0 Å². The van der Waals surface area contributed by atoms with E-state index >= 15 is 0 Å². The molecule has 2 unspecified atom stereocenters. The minimum atomic E-state index is -0.395. The maximum atomic E-state index is 13.1. The lowest BCUT2D eigenvalue weighted by Gasteiger charge is -2.16. The second-order valence-electron chi connectivity index (χ2n) is 4.23. The standard InChI is InChI=1S/C12H15ClFNO/c13-9-5-4-8(6-10(9)14)7-15-11-2-1-3-12(11)16/h4-6,11-12,15-16H,1-3,7H2. The van der Waals surface area contributed by atoms with Crippen molar-refractivity contribution in [1.82, 2.24) is 5.32 Å². The van der Waals surface area contributed by atoms with E-state index in [0.29, 0.717) is 6.54 Å². The molecule has 0 spiro atoms. The van der Waals surface area contributed by atoms with Gasteiger partial charge < -0.3 is 10.4 Å². The number of nitrogens with one attached hydrogen (secondary N) is 1. The Labute approximate surface area is 99.4 Å². The maximum Gasteiger partial charge on any atom is 0.142 e. The summed E-state index contributed by atoms with van der Waals surface area (Å²) in [6.07, 6.45) is 2.62. The van der Waals surface area contributed by atoms with Crippen LogP contribution in [0.4, 0.5) is 4.39 Å². The zero-order chi connectivity index (χ0) is 11.5. The fourth-order valence-electron chi connectivity index (χ4n) is 2.08. The highest BCUT2D eigenvalue weighted by molar-refractivity contribution is 6.30. The monoisotopic (exact) mass is 243 g/mol. The quantitative estimate of drug-likeness (QED) is 0.855. The van der Waals surface area contributed by atoms with Gasteiger partial charge in [0.15, 0.2) is 0 Å². The molecular weight excluding hydrogens is 229 g/mol. The molecule has 1 aliphatic rings. The van der Waals surface area contributed by atoms with Crippen molar-refractivity contribution in [3.63, 3.8) is 0 Å². The first-order chi connectivity index (χ1) is 7.66. The van der Waals surface area contributed by atoms with E-state index in [1.165, 1.54) is 6.07 Å². The minimum Gasteiger partial charge on any atom is -0.392 e. The number of aliphatic hydroxyl groups is 1. The van der Waals surface area contributed by atoms with Gasteiger partial charge in [-0.2, -0.15) is 0 Å². The van der Waals surface area contributed by atoms with Crippen LogP contribution in [0, 0.1) is 5.82 Å². The van der Waals surface area contributed by atoms with Crippen LogP contribution >= 0.6 is 11.6 Å². The molecule has 2 rings (SSSR count). The summed E-state index contributed by atoms with van der Waals surface area (Å²) in [6, 6.07) is 4.91. The molecule has 4 heteroatoms. The molecule has 1 fully saturated rings. The van der Waals surface area contributed by atoms with Gasteiger partial charge in [-0.25, -0.2) is 4.39 Å². The van der Waals surface area contributed by atoms with E-state index in [-0.39, 0.29) is 17.2 Å². The summed E-state index contributed by atoms with van der Waals surface area (Å²) >= 11 is 5.60. The molecule has 1 aromatic carbocycles. The smallest absolute Gasteiger partial charge is 0.142 e. The summed E-state index contributed by atoms with van der Waals surface area (Å²) in [5.74, 6) is -0.395. The number of hydrogen-bond donors (Lipinski definition) is 2. The third kappa shape index (κ3) is 2.73. The molecule has 2 atom stereocenters. The first-order valence-electron chi connectivity index (χ1n) is 5.52. The molecule has 0 radical (unpaired) electrons. The van der Waals surface area contributed by atoms with Gasteiger partial charge in [-0.3, -0.25) is 0 Å². The molecule has 0 saturated heterocycles. The van der Waals surface area contributed by atoms with Crippen LogP contribution in [0.25, 0.3) is 0 Å². The average molecular weight is 244 g/mol. The van der Waals surface area contributed by atoms with Crippen molar-refractivity contribution < 1.29 is 9.50 Å². The Bertz CT molecular complexity index is 372. The normalized spacial score (nSPS) is 24.9. The second kappa shape index (κ2) is 5.13. The molecule has 88 valence electrons. The van der Waals surface area contributed by atoms with Crippen molar-refractivity contribution >= 4 is 11.6 Å². The predicted octanol–water partition coefficient (Wildman–Crippen LogP) is 2.48. The molecule has 0 aliphatic heterocycles. The molecule has 0 aromatic heterocycles. The average Bonchev–Trinajstić information content (AvgIpc) is 2.66. The van der Waals surface area contributed by atoms with Crippen LogP contribution in [-0.4, -0.2) is 17.3 Å². The first kappa shape index (κ1) is 11.8. The summed E-state index contributed by atoms with van der Waals surface area (Å²) in [7, 11) is 0. The van der Waals surface area contributed by atoms with Crippen molar-refractivity contribution in [3.8, 4) is 0 Å². The molecule has 0 amide bonds. The Morgan fingerprint density at radius 1 is 1.44 bits per heavy atom. The van der Waals surface area contributed by atoms with Crippen LogP contribution in [0.2, 0.25) is 5.02 Å². The van der Waals surface area contributed by atoms with Gasteiger partial charge in [0.1, 0.15) is 5.82 Å². The lowest BCUT2D eigenvalue weighted by atomic mass is 10.1. The van der Waals surface area contributed by atoms with Crippen molar-refractivity contribution in [2.45, 2.75) is 38.0 Å². The molecule has 1 aromatic rings. The number of benzene rings is 1. The highest BCUT2D eigenvalue weighted by Crippen LogP contribution is 2.20. The van der Waals surface area contributed by atoms with Gasteiger partial charge in [-0.05, 0) is 37.0 Å². The fourth-order valence-corrected chi connectivity index (χ4v) is 2.19. The van der Waals surface area contributed by atoms with Crippen LogP contribution in [0.1, 0.15) is 24.8 Å². The Morgan fingerprint density at radius 2 is 2.25 bits per heavy atom. The molecule has 2 nitrogen and oxygen atoms in total. The fraction of sp³-hybridized carbons (Fsp3) is 0.500. The zero-order valence-electron chi connectivity index (χ0n) is 8.92. The Kier molecular flexibility index (Phi) is 3.79. The van der Waals surface area contributed by atoms with Crippen molar-refractivity contribution in [2.24, 2.45) is 0 Å². The maximum absolute atomic E-state index is 13.1. The van der Waals surface area contributed by atoms with Crippen molar-refractivity contribution in [3.05, 3.63) is 34.6 Å². The number of aliphatic hydroxyl groups excluding tert-OH is 1. The Morgan fingerprint density at radius 3 is 2.88 bits per heavy atom. The van der Waals surface area contributed by atoms with E-state index in [2.05, 4.69) is 5.32 Å². The third-order valence-corrected chi connectivity index (χ3v) is 3.34. The molecule has 0 heterocycles. The lowest BCUT2D eigenvalue weighted by Crippen LogP contribution is -2.35. The summed E-state index contributed by atoms with van der Waals surface area (Å²) < 4.78 is 13.1. The minimum absolute atomic E-state index is 0.138. The molecule has 16 heavy (non-hydrogen) atoms. The predicted molar refractivity (Wildman–Crippen MR) is 61.9 cm³/mol. The van der Waals surface area contributed by atoms with E-state index in [4.69, 9.17) is 11.6 Å². The largest absolute Gasteiger partial charge is 0.392 e. The topological polar surface area (TPSA) is 32.3 Å². The Balaban J connectivity index is 1.91. The highest BCUT2D eigenvalue weighted by Gasteiger charge is 2.24. The van der Waals surface area contributed by atoms with Crippen LogP contribution in [0.5, 0.6) is 0 Å².